The number of anilines is 1. The van der Waals surface area contributed by atoms with E-state index in [1.807, 2.05) is 24.3 Å². The first-order valence-electron chi connectivity index (χ1n) is 12.5. The van der Waals surface area contributed by atoms with Crippen LogP contribution in [-0.4, -0.2) is 49.3 Å². The van der Waals surface area contributed by atoms with E-state index in [4.69, 9.17) is 9.47 Å². The summed E-state index contributed by atoms with van der Waals surface area (Å²) in [5.41, 5.74) is 0.136. The maximum atomic E-state index is 13.1. The van der Waals surface area contributed by atoms with Crippen LogP contribution in [0.5, 0.6) is 5.75 Å². The van der Waals surface area contributed by atoms with Crippen molar-refractivity contribution in [2.24, 2.45) is 5.92 Å². The molecule has 0 aromatic heterocycles. The Kier molecular flexibility index (Phi) is 9.66. The minimum absolute atomic E-state index is 0.00682. The van der Waals surface area contributed by atoms with E-state index >= 15 is 0 Å². The monoisotopic (exact) mass is 430 g/mol. The van der Waals surface area contributed by atoms with Crippen LogP contribution in [-0.2, 0) is 9.53 Å². The number of carbonyl (C=O) groups is 1. The molecule has 0 radical (unpaired) electrons. The van der Waals surface area contributed by atoms with Gasteiger partial charge in [0, 0.05) is 18.8 Å². The van der Waals surface area contributed by atoms with Gasteiger partial charge in [0.2, 0.25) is 0 Å². The molecule has 1 saturated carbocycles. The number of piperidine rings is 1. The number of ether oxygens (including phenoxy) is 2. The Morgan fingerprint density at radius 3 is 2.39 bits per heavy atom. The predicted molar refractivity (Wildman–Crippen MR) is 127 cm³/mol. The maximum absolute atomic E-state index is 13.1. The van der Waals surface area contributed by atoms with Crippen molar-refractivity contribution in [2.45, 2.75) is 83.7 Å². The molecule has 5 heteroatoms. The molecule has 2 fully saturated rings. The van der Waals surface area contributed by atoms with Crippen LogP contribution in [0.1, 0.15) is 78.1 Å². The molecule has 1 aliphatic heterocycles. The average molecular weight is 431 g/mol. The molecule has 0 spiro atoms. The Morgan fingerprint density at radius 1 is 1.06 bits per heavy atom. The lowest BCUT2D eigenvalue weighted by Crippen LogP contribution is -2.45. The Labute approximate surface area is 188 Å². The first kappa shape index (κ1) is 24.1. The van der Waals surface area contributed by atoms with Crippen molar-refractivity contribution in [3.8, 4) is 5.75 Å². The van der Waals surface area contributed by atoms with E-state index in [-0.39, 0.29) is 5.91 Å². The minimum atomic E-state index is -0.673. The van der Waals surface area contributed by atoms with Gasteiger partial charge in [0.1, 0.15) is 11.4 Å². The number of carbonyl (C=O) groups excluding carboxylic acids is 1. The number of amides is 1. The van der Waals surface area contributed by atoms with Gasteiger partial charge in [-0.3, -0.25) is 4.79 Å². The minimum Gasteiger partial charge on any atom is -0.494 e. The van der Waals surface area contributed by atoms with Gasteiger partial charge in [-0.05, 0) is 81.8 Å². The molecule has 1 aromatic rings. The molecule has 0 bridgehead atoms. The average Bonchev–Trinajstić information content (AvgIpc) is 3.04. The van der Waals surface area contributed by atoms with Crippen molar-refractivity contribution in [2.75, 3.05) is 38.2 Å². The second-order valence-electron chi connectivity index (χ2n) is 9.46. The van der Waals surface area contributed by atoms with Crippen molar-refractivity contribution < 1.29 is 14.3 Å². The highest BCUT2D eigenvalue weighted by molar-refractivity contribution is 5.97. The van der Waals surface area contributed by atoms with Crippen LogP contribution in [0.15, 0.2) is 24.3 Å². The Balaban J connectivity index is 1.44. The molecule has 3 rings (SSSR count). The van der Waals surface area contributed by atoms with Crippen LogP contribution in [0.3, 0.4) is 0 Å². The van der Waals surface area contributed by atoms with Gasteiger partial charge in [-0.1, -0.05) is 39.5 Å². The third kappa shape index (κ3) is 7.50. The van der Waals surface area contributed by atoms with Gasteiger partial charge >= 0.3 is 0 Å². The highest BCUT2D eigenvalue weighted by Gasteiger charge is 2.39. The maximum Gasteiger partial charge on any atom is 0.256 e. The van der Waals surface area contributed by atoms with E-state index in [9.17, 15) is 4.79 Å². The SMILES string of the molecule is CCCOC1(C(=O)Nc2ccc(OCCCN3CCC(C)CC3)cc2)CCCCCC1. The highest BCUT2D eigenvalue weighted by Crippen LogP contribution is 2.32. The third-order valence-corrected chi connectivity index (χ3v) is 6.78. The van der Waals surface area contributed by atoms with Crippen LogP contribution in [0.4, 0.5) is 5.69 Å². The lowest BCUT2D eigenvalue weighted by molar-refractivity contribution is -0.143. The molecule has 2 aliphatic rings. The van der Waals surface area contributed by atoms with E-state index in [2.05, 4.69) is 24.1 Å². The first-order chi connectivity index (χ1) is 15.1. The van der Waals surface area contributed by atoms with Crippen LogP contribution in [0.25, 0.3) is 0 Å². The Bertz CT molecular complexity index is 645. The Hall–Kier alpha value is -1.59. The molecule has 1 N–H and O–H groups in total. The van der Waals surface area contributed by atoms with Gasteiger partial charge in [0.05, 0.1) is 6.61 Å². The summed E-state index contributed by atoms with van der Waals surface area (Å²) in [6.45, 7) is 9.36. The summed E-state index contributed by atoms with van der Waals surface area (Å²) in [5.74, 6) is 1.74. The smallest absolute Gasteiger partial charge is 0.256 e. The standard InChI is InChI=1S/C26H42N2O3/c1-3-20-31-26(15-6-4-5-7-16-26)25(29)27-23-9-11-24(12-10-23)30-21-8-17-28-18-13-22(2)14-19-28/h9-12,22H,3-8,13-21H2,1-2H3,(H,27,29). The van der Waals surface area contributed by atoms with Gasteiger partial charge in [0.15, 0.2) is 0 Å². The largest absolute Gasteiger partial charge is 0.494 e. The summed E-state index contributed by atoms with van der Waals surface area (Å²) in [6.07, 6.45) is 10.7. The second kappa shape index (κ2) is 12.4. The van der Waals surface area contributed by atoms with E-state index < -0.39 is 5.60 Å². The molecule has 174 valence electrons. The third-order valence-electron chi connectivity index (χ3n) is 6.78. The summed E-state index contributed by atoms with van der Waals surface area (Å²) in [5, 5.41) is 3.10. The molecule has 0 atom stereocenters. The summed E-state index contributed by atoms with van der Waals surface area (Å²) in [7, 11) is 0. The number of likely N-dealkylation sites (tertiary alicyclic amines) is 1. The van der Waals surface area contributed by atoms with E-state index in [0.29, 0.717) is 6.61 Å². The summed E-state index contributed by atoms with van der Waals surface area (Å²) >= 11 is 0. The summed E-state index contributed by atoms with van der Waals surface area (Å²) in [6, 6.07) is 7.77. The van der Waals surface area contributed by atoms with Gasteiger partial charge in [-0.2, -0.15) is 0 Å². The van der Waals surface area contributed by atoms with Crippen LogP contribution < -0.4 is 10.1 Å². The van der Waals surface area contributed by atoms with Crippen molar-refractivity contribution in [3.63, 3.8) is 0 Å². The van der Waals surface area contributed by atoms with Crippen molar-refractivity contribution >= 4 is 11.6 Å². The lowest BCUT2D eigenvalue weighted by atomic mass is 9.92. The molecule has 5 nitrogen and oxygen atoms in total. The number of nitrogens with one attached hydrogen (secondary N) is 1. The number of rotatable bonds is 10. The molecule has 31 heavy (non-hydrogen) atoms. The molecule has 0 unspecified atom stereocenters. The van der Waals surface area contributed by atoms with Crippen molar-refractivity contribution in [1.29, 1.82) is 0 Å². The van der Waals surface area contributed by atoms with Gasteiger partial charge in [-0.15, -0.1) is 0 Å². The van der Waals surface area contributed by atoms with E-state index in [1.54, 1.807) is 0 Å². The fraction of sp³-hybridized carbons (Fsp3) is 0.731. The molecule has 1 aromatic carbocycles. The zero-order valence-corrected chi connectivity index (χ0v) is 19.7. The van der Waals surface area contributed by atoms with Gasteiger partial charge in [-0.25, -0.2) is 0 Å². The zero-order valence-electron chi connectivity index (χ0n) is 19.7. The number of nitrogens with zero attached hydrogens (tertiary/aromatic N) is 1. The molecule has 1 heterocycles. The molecular weight excluding hydrogens is 388 g/mol. The number of hydrogen-bond acceptors (Lipinski definition) is 4. The second-order valence-corrected chi connectivity index (χ2v) is 9.46. The van der Waals surface area contributed by atoms with E-state index in [0.717, 1.165) is 69.0 Å². The van der Waals surface area contributed by atoms with Crippen LogP contribution >= 0.6 is 0 Å². The highest BCUT2D eigenvalue weighted by atomic mass is 16.5. The number of benzene rings is 1. The van der Waals surface area contributed by atoms with E-state index in [1.165, 1.54) is 38.8 Å². The predicted octanol–water partition coefficient (Wildman–Crippen LogP) is 5.65. The fourth-order valence-corrected chi connectivity index (χ4v) is 4.68. The molecular formula is C26H42N2O3. The normalized spacial score (nSPS) is 20.2. The number of hydrogen-bond donors (Lipinski definition) is 1. The topological polar surface area (TPSA) is 50.8 Å². The van der Waals surface area contributed by atoms with Gasteiger partial charge < -0.3 is 19.7 Å². The quantitative estimate of drug-likeness (QED) is 0.385. The lowest BCUT2D eigenvalue weighted by Gasteiger charge is -2.31. The molecule has 1 saturated heterocycles. The van der Waals surface area contributed by atoms with Crippen LogP contribution in [0.2, 0.25) is 0 Å². The fourth-order valence-electron chi connectivity index (χ4n) is 4.68. The van der Waals surface area contributed by atoms with Crippen molar-refractivity contribution in [1.82, 2.24) is 4.90 Å². The zero-order chi connectivity index (χ0) is 21.9. The van der Waals surface area contributed by atoms with Crippen LogP contribution in [0, 0.1) is 5.92 Å². The molecule has 1 amide bonds. The first-order valence-corrected chi connectivity index (χ1v) is 12.5. The van der Waals surface area contributed by atoms with Crippen molar-refractivity contribution in [3.05, 3.63) is 24.3 Å². The van der Waals surface area contributed by atoms with Gasteiger partial charge in [0.25, 0.3) is 5.91 Å². The Morgan fingerprint density at radius 2 is 1.74 bits per heavy atom. The molecule has 1 aliphatic carbocycles. The summed E-state index contributed by atoms with van der Waals surface area (Å²) < 4.78 is 12.1. The summed E-state index contributed by atoms with van der Waals surface area (Å²) in [4.78, 5) is 15.7.